The maximum atomic E-state index is 13.6. The molecule has 1 saturated heterocycles. The van der Waals surface area contributed by atoms with Crippen LogP contribution in [0.3, 0.4) is 0 Å². The maximum Gasteiger partial charge on any atom is 0.229 e. The van der Waals surface area contributed by atoms with Gasteiger partial charge in [0.1, 0.15) is 5.75 Å². The molecule has 1 atom stereocenters. The SMILES string of the molecule is CCCC(=O)N1CCC2(CC1)CN(C(=O)Cc1ccccn1)[C@@H](CO)c1[nH]c3cc(OC)ccc3c12. The highest BCUT2D eigenvalue weighted by molar-refractivity contribution is 5.89. The second kappa shape index (κ2) is 9.93. The van der Waals surface area contributed by atoms with Crippen molar-refractivity contribution in [3.63, 3.8) is 0 Å². The largest absolute Gasteiger partial charge is 0.497 e. The molecule has 0 unspecified atom stereocenters. The van der Waals surface area contributed by atoms with E-state index in [1.165, 1.54) is 5.56 Å². The lowest BCUT2D eigenvalue weighted by Gasteiger charge is -2.50. The van der Waals surface area contributed by atoms with Crippen molar-refractivity contribution >= 4 is 22.7 Å². The molecule has 1 fully saturated rings. The van der Waals surface area contributed by atoms with Crippen LogP contribution in [0, 0.1) is 0 Å². The highest BCUT2D eigenvalue weighted by Gasteiger charge is 2.49. The van der Waals surface area contributed by atoms with E-state index in [1.54, 1.807) is 13.3 Å². The molecule has 1 aromatic carbocycles. The molecule has 3 aromatic rings. The average molecular weight is 491 g/mol. The first kappa shape index (κ1) is 24.3. The van der Waals surface area contributed by atoms with E-state index in [9.17, 15) is 14.7 Å². The van der Waals surface area contributed by atoms with Gasteiger partial charge in [-0.15, -0.1) is 0 Å². The number of aromatic nitrogens is 2. The normalized spacial score (nSPS) is 18.9. The summed E-state index contributed by atoms with van der Waals surface area (Å²) in [6, 6.07) is 11.1. The van der Waals surface area contributed by atoms with E-state index < -0.39 is 6.04 Å². The smallest absolute Gasteiger partial charge is 0.229 e. The zero-order chi connectivity index (χ0) is 25.3. The molecule has 8 heteroatoms. The van der Waals surface area contributed by atoms with Crippen LogP contribution in [0.25, 0.3) is 10.9 Å². The topological polar surface area (TPSA) is 98.8 Å². The molecule has 4 heterocycles. The van der Waals surface area contributed by atoms with Crippen molar-refractivity contribution in [3.8, 4) is 5.75 Å². The molecule has 5 rings (SSSR count). The van der Waals surface area contributed by atoms with Crippen molar-refractivity contribution in [2.24, 2.45) is 0 Å². The number of pyridine rings is 1. The number of H-pyrrole nitrogens is 1. The summed E-state index contributed by atoms with van der Waals surface area (Å²) < 4.78 is 5.45. The summed E-state index contributed by atoms with van der Waals surface area (Å²) in [5, 5.41) is 11.6. The number of ether oxygens (including phenoxy) is 1. The first-order valence-electron chi connectivity index (χ1n) is 12.8. The maximum absolute atomic E-state index is 13.6. The number of aliphatic hydroxyl groups is 1. The Balaban J connectivity index is 1.56. The molecule has 2 N–H and O–H groups in total. The van der Waals surface area contributed by atoms with Crippen molar-refractivity contribution in [1.29, 1.82) is 0 Å². The molecule has 36 heavy (non-hydrogen) atoms. The predicted octanol–water partition coefficient (Wildman–Crippen LogP) is 3.35. The lowest BCUT2D eigenvalue weighted by Crippen LogP contribution is -2.56. The van der Waals surface area contributed by atoms with Gasteiger partial charge in [-0.1, -0.05) is 13.0 Å². The quantitative estimate of drug-likeness (QED) is 0.552. The van der Waals surface area contributed by atoms with Crippen LogP contribution in [0.5, 0.6) is 5.75 Å². The third-order valence-corrected chi connectivity index (χ3v) is 7.84. The monoisotopic (exact) mass is 490 g/mol. The minimum Gasteiger partial charge on any atom is -0.497 e. The van der Waals surface area contributed by atoms with Gasteiger partial charge < -0.3 is 24.6 Å². The number of fused-ring (bicyclic) bond motifs is 4. The summed E-state index contributed by atoms with van der Waals surface area (Å²) in [6.45, 7) is 3.67. The van der Waals surface area contributed by atoms with Gasteiger partial charge in [-0.05, 0) is 49.1 Å². The van der Waals surface area contributed by atoms with Gasteiger partial charge in [-0.3, -0.25) is 14.6 Å². The van der Waals surface area contributed by atoms with Gasteiger partial charge in [0.2, 0.25) is 11.8 Å². The first-order valence-corrected chi connectivity index (χ1v) is 12.8. The summed E-state index contributed by atoms with van der Waals surface area (Å²) in [4.78, 5) is 37.9. The molecule has 1 spiro atoms. The second-order valence-electron chi connectivity index (χ2n) is 9.95. The summed E-state index contributed by atoms with van der Waals surface area (Å²) in [5.41, 5.74) is 3.39. The van der Waals surface area contributed by atoms with E-state index in [4.69, 9.17) is 4.74 Å². The Bertz CT molecular complexity index is 1250. The summed E-state index contributed by atoms with van der Waals surface area (Å²) in [7, 11) is 1.64. The van der Waals surface area contributed by atoms with Crippen LogP contribution in [0.15, 0.2) is 42.6 Å². The van der Waals surface area contributed by atoms with Crippen LogP contribution in [-0.4, -0.2) is 70.0 Å². The van der Waals surface area contributed by atoms with Crippen molar-refractivity contribution in [2.75, 3.05) is 33.4 Å². The Kier molecular flexibility index (Phi) is 6.71. The van der Waals surface area contributed by atoms with Gasteiger partial charge in [-0.2, -0.15) is 0 Å². The summed E-state index contributed by atoms with van der Waals surface area (Å²) in [5.74, 6) is 0.889. The molecule has 0 saturated carbocycles. The Labute approximate surface area is 211 Å². The second-order valence-corrected chi connectivity index (χ2v) is 9.95. The third-order valence-electron chi connectivity index (χ3n) is 7.84. The highest BCUT2D eigenvalue weighted by Crippen LogP contribution is 2.49. The number of piperidine rings is 1. The molecular weight excluding hydrogens is 456 g/mol. The number of carbonyl (C=O) groups is 2. The number of hydrogen-bond acceptors (Lipinski definition) is 5. The fourth-order valence-corrected chi connectivity index (χ4v) is 5.99. The van der Waals surface area contributed by atoms with Crippen LogP contribution in [0.1, 0.15) is 55.6 Å². The number of hydrogen-bond donors (Lipinski definition) is 2. The summed E-state index contributed by atoms with van der Waals surface area (Å²) >= 11 is 0. The molecule has 0 radical (unpaired) electrons. The predicted molar refractivity (Wildman–Crippen MR) is 137 cm³/mol. The van der Waals surface area contributed by atoms with Crippen LogP contribution in [0.4, 0.5) is 0 Å². The van der Waals surface area contributed by atoms with Crippen LogP contribution >= 0.6 is 0 Å². The van der Waals surface area contributed by atoms with Gasteiger partial charge >= 0.3 is 0 Å². The lowest BCUT2D eigenvalue weighted by molar-refractivity contribution is -0.139. The molecule has 2 aromatic heterocycles. The van der Waals surface area contributed by atoms with Crippen molar-refractivity contribution < 1.29 is 19.4 Å². The van der Waals surface area contributed by atoms with Gasteiger partial charge in [0.05, 0.1) is 26.2 Å². The zero-order valence-corrected chi connectivity index (χ0v) is 21.0. The van der Waals surface area contributed by atoms with Gasteiger partial charge in [0, 0.05) is 66.0 Å². The van der Waals surface area contributed by atoms with E-state index in [0.29, 0.717) is 31.7 Å². The Morgan fingerprint density at radius 1 is 1.19 bits per heavy atom. The molecular formula is C28H34N4O4. The third kappa shape index (κ3) is 4.23. The van der Waals surface area contributed by atoms with E-state index in [-0.39, 0.29) is 30.3 Å². The van der Waals surface area contributed by atoms with Crippen LogP contribution in [0.2, 0.25) is 0 Å². The minimum absolute atomic E-state index is 0.0569. The lowest BCUT2D eigenvalue weighted by atomic mass is 9.68. The highest BCUT2D eigenvalue weighted by atomic mass is 16.5. The summed E-state index contributed by atoms with van der Waals surface area (Å²) in [6.07, 6.45) is 4.79. The van der Waals surface area contributed by atoms with Crippen molar-refractivity contribution in [3.05, 3.63) is 59.5 Å². The molecule has 2 aliphatic heterocycles. The van der Waals surface area contributed by atoms with Crippen molar-refractivity contribution in [2.45, 2.75) is 50.5 Å². The number of nitrogens with one attached hydrogen (secondary N) is 1. The molecule has 2 aliphatic rings. The Hall–Kier alpha value is -3.39. The van der Waals surface area contributed by atoms with E-state index >= 15 is 0 Å². The number of likely N-dealkylation sites (tertiary alicyclic amines) is 1. The number of amides is 2. The Morgan fingerprint density at radius 2 is 2.00 bits per heavy atom. The molecule has 190 valence electrons. The molecule has 8 nitrogen and oxygen atoms in total. The fraction of sp³-hybridized carbons (Fsp3) is 0.464. The average Bonchev–Trinajstić information content (AvgIpc) is 3.29. The minimum atomic E-state index is -0.472. The first-order chi connectivity index (χ1) is 17.5. The van der Waals surface area contributed by atoms with Crippen molar-refractivity contribution in [1.82, 2.24) is 19.8 Å². The van der Waals surface area contributed by atoms with Crippen LogP contribution < -0.4 is 4.74 Å². The number of aliphatic hydroxyl groups excluding tert-OH is 1. The number of methoxy groups -OCH3 is 1. The van der Waals surface area contributed by atoms with Crippen LogP contribution in [-0.2, 0) is 21.4 Å². The van der Waals surface area contributed by atoms with Gasteiger partial charge in [0.15, 0.2) is 0 Å². The molecule has 0 aliphatic carbocycles. The number of carbonyl (C=O) groups excluding carboxylic acids is 2. The van der Waals surface area contributed by atoms with E-state index in [0.717, 1.165) is 41.6 Å². The van der Waals surface area contributed by atoms with E-state index in [2.05, 4.69) is 16.0 Å². The number of rotatable bonds is 6. The number of benzene rings is 1. The van der Waals surface area contributed by atoms with Gasteiger partial charge in [-0.25, -0.2) is 0 Å². The fourth-order valence-electron chi connectivity index (χ4n) is 5.99. The van der Waals surface area contributed by atoms with E-state index in [1.807, 2.05) is 47.1 Å². The number of aromatic amines is 1. The standard InChI is InChI=1S/C28H34N4O4/c1-3-6-24(34)31-13-10-28(11-14-31)18-32(25(35)15-19-7-4-5-12-29-19)23(17-33)27-26(28)21-9-8-20(36-2)16-22(21)30-27/h4-5,7-9,12,16,23,30,33H,3,6,10-11,13-15,17-18H2,1-2H3/t23-/m0/s1. The Morgan fingerprint density at radius 3 is 2.67 bits per heavy atom. The van der Waals surface area contributed by atoms with Gasteiger partial charge in [0.25, 0.3) is 0 Å². The number of nitrogens with zero attached hydrogens (tertiary/aromatic N) is 3. The molecule has 2 amide bonds. The zero-order valence-electron chi connectivity index (χ0n) is 21.0. The molecule has 0 bridgehead atoms.